The van der Waals surface area contributed by atoms with Crippen molar-refractivity contribution in [1.82, 2.24) is 15.5 Å². The molecule has 0 spiro atoms. The molecule has 5 heteroatoms. The van der Waals surface area contributed by atoms with Gasteiger partial charge in [0.15, 0.2) is 0 Å². The van der Waals surface area contributed by atoms with Crippen molar-refractivity contribution in [3.8, 4) is 0 Å². The summed E-state index contributed by atoms with van der Waals surface area (Å²) in [4.78, 5) is 25.7. The third-order valence-electron chi connectivity index (χ3n) is 3.03. The van der Waals surface area contributed by atoms with Crippen molar-refractivity contribution in [2.45, 2.75) is 39.8 Å². The number of nitrogens with zero attached hydrogens (tertiary/aromatic N) is 1. The molecule has 0 saturated heterocycles. The van der Waals surface area contributed by atoms with Crippen LogP contribution in [0.25, 0.3) is 0 Å². The van der Waals surface area contributed by atoms with E-state index in [-0.39, 0.29) is 30.4 Å². The highest BCUT2D eigenvalue weighted by Gasteiger charge is 2.17. The van der Waals surface area contributed by atoms with Crippen LogP contribution in [0.2, 0.25) is 0 Å². The summed E-state index contributed by atoms with van der Waals surface area (Å²) in [6, 6.07) is 9.76. The van der Waals surface area contributed by atoms with E-state index >= 15 is 0 Å². The second-order valence-corrected chi connectivity index (χ2v) is 6.36. The van der Waals surface area contributed by atoms with E-state index in [2.05, 4.69) is 10.6 Å². The van der Waals surface area contributed by atoms with Crippen molar-refractivity contribution in [1.29, 1.82) is 0 Å². The molecule has 0 radical (unpaired) electrons. The molecule has 122 valence electrons. The van der Waals surface area contributed by atoms with Gasteiger partial charge in [-0.15, -0.1) is 0 Å². The van der Waals surface area contributed by atoms with Crippen molar-refractivity contribution in [2.24, 2.45) is 0 Å². The fourth-order valence-corrected chi connectivity index (χ4v) is 2.00. The number of benzene rings is 1. The first-order valence-electron chi connectivity index (χ1n) is 7.64. The molecule has 0 fully saturated rings. The highest BCUT2D eigenvalue weighted by Crippen LogP contribution is 1.99. The normalized spacial score (nSPS) is 11.3. The molecular formula is C17H27N3O2. The lowest BCUT2D eigenvalue weighted by molar-refractivity contribution is -0.125. The van der Waals surface area contributed by atoms with Crippen LogP contribution in [-0.2, 0) is 16.1 Å². The van der Waals surface area contributed by atoms with Crippen molar-refractivity contribution in [3.05, 3.63) is 35.9 Å². The minimum atomic E-state index is -0.258. The van der Waals surface area contributed by atoms with E-state index in [0.29, 0.717) is 13.1 Å². The Bertz CT molecular complexity index is 480. The Hall–Kier alpha value is -1.88. The second-order valence-electron chi connectivity index (χ2n) is 6.36. The molecule has 0 bridgehead atoms. The molecule has 0 aliphatic heterocycles. The minimum absolute atomic E-state index is 0.0646. The molecular weight excluding hydrogens is 278 g/mol. The molecule has 1 aromatic carbocycles. The summed E-state index contributed by atoms with van der Waals surface area (Å²) in [7, 11) is 0. The van der Waals surface area contributed by atoms with E-state index in [4.69, 9.17) is 0 Å². The van der Waals surface area contributed by atoms with Gasteiger partial charge in [0.05, 0.1) is 13.1 Å². The van der Waals surface area contributed by atoms with Crippen LogP contribution in [0.1, 0.15) is 33.3 Å². The lowest BCUT2D eigenvalue weighted by Crippen LogP contribution is -2.47. The van der Waals surface area contributed by atoms with Gasteiger partial charge in [-0.3, -0.25) is 14.5 Å². The van der Waals surface area contributed by atoms with E-state index in [0.717, 1.165) is 5.56 Å². The van der Waals surface area contributed by atoms with Crippen LogP contribution in [0.5, 0.6) is 0 Å². The molecule has 0 aromatic heterocycles. The standard InChI is InChI=1S/C17H27N3O2/c1-5-20(13-16(22)19-17(2,3)4)12-15(21)18-11-14-9-7-6-8-10-14/h6-10H,5,11-13H2,1-4H3,(H,18,21)(H,19,22). The molecule has 0 unspecified atom stereocenters. The quantitative estimate of drug-likeness (QED) is 0.803. The van der Waals surface area contributed by atoms with Gasteiger partial charge in [0, 0.05) is 12.1 Å². The Morgan fingerprint density at radius 3 is 2.18 bits per heavy atom. The van der Waals surface area contributed by atoms with Gasteiger partial charge in [-0.25, -0.2) is 0 Å². The topological polar surface area (TPSA) is 61.4 Å². The fraction of sp³-hybridized carbons (Fsp3) is 0.529. The Labute approximate surface area is 133 Å². The maximum Gasteiger partial charge on any atom is 0.234 e. The minimum Gasteiger partial charge on any atom is -0.351 e. The lowest BCUT2D eigenvalue weighted by Gasteiger charge is -2.24. The van der Waals surface area contributed by atoms with Crippen molar-refractivity contribution in [3.63, 3.8) is 0 Å². The van der Waals surface area contributed by atoms with Crippen LogP contribution in [0.3, 0.4) is 0 Å². The average molecular weight is 305 g/mol. The van der Waals surface area contributed by atoms with Crippen LogP contribution < -0.4 is 10.6 Å². The SMILES string of the molecule is CCN(CC(=O)NCc1ccccc1)CC(=O)NC(C)(C)C. The van der Waals surface area contributed by atoms with Crippen molar-refractivity contribution in [2.75, 3.05) is 19.6 Å². The molecule has 1 aromatic rings. The van der Waals surface area contributed by atoms with Gasteiger partial charge in [-0.05, 0) is 32.9 Å². The first-order valence-corrected chi connectivity index (χ1v) is 7.64. The van der Waals surface area contributed by atoms with E-state index in [1.54, 1.807) is 0 Å². The largest absolute Gasteiger partial charge is 0.351 e. The average Bonchev–Trinajstić information content (AvgIpc) is 2.43. The van der Waals surface area contributed by atoms with Crippen molar-refractivity contribution < 1.29 is 9.59 Å². The van der Waals surface area contributed by atoms with Crippen LogP contribution in [-0.4, -0.2) is 41.9 Å². The number of likely N-dealkylation sites (N-methyl/N-ethyl adjacent to an activating group) is 1. The summed E-state index contributed by atoms with van der Waals surface area (Å²) >= 11 is 0. The van der Waals surface area contributed by atoms with E-state index in [9.17, 15) is 9.59 Å². The summed E-state index contributed by atoms with van der Waals surface area (Å²) < 4.78 is 0. The van der Waals surface area contributed by atoms with E-state index in [1.165, 1.54) is 0 Å². The molecule has 2 N–H and O–H groups in total. The third kappa shape index (κ3) is 7.78. The number of nitrogens with one attached hydrogen (secondary N) is 2. The van der Waals surface area contributed by atoms with Gasteiger partial charge in [-0.2, -0.15) is 0 Å². The predicted molar refractivity (Wildman–Crippen MR) is 88.3 cm³/mol. The Morgan fingerprint density at radius 2 is 1.64 bits per heavy atom. The smallest absolute Gasteiger partial charge is 0.234 e. The first-order chi connectivity index (χ1) is 10.3. The molecule has 2 amide bonds. The molecule has 1 rings (SSSR count). The maximum absolute atomic E-state index is 12.0. The molecule has 0 aliphatic carbocycles. The van der Waals surface area contributed by atoms with Gasteiger partial charge < -0.3 is 10.6 Å². The molecule has 5 nitrogen and oxygen atoms in total. The van der Waals surface area contributed by atoms with Gasteiger partial charge in [0.25, 0.3) is 0 Å². The molecule has 0 atom stereocenters. The molecule has 0 heterocycles. The first kappa shape index (κ1) is 18.2. The summed E-state index contributed by atoms with van der Waals surface area (Å²) in [5, 5.41) is 5.78. The zero-order valence-electron chi connectivity index (χ0n) is 14.0. The van der Waals surface area contributed by atoms with Gasteiger partial charge in [-0.1, -0.05) is 37.3 Å². The predicted octanol–water partition coefficient (Wildman–Crippen LogP) is 1.54. The zero-order valence-corrected chi connectivity index (χ0v) is 14.0. The monoisotopic (exact) mass is 305 g/mol. The number of carbonyl (C=O) groups excluding carboxylic acids is 2. The zero-order chi connectivity index (χ0) is 16.6. The lowest BCUT2D eigenvalue weighted by atomic mass is 10.1. The Balaban J connectivity index is 2.38. The van der Waals surface area contributed by atoms with E-state index < -0.39 is 0 Å². The maximum atomic E-state index is 12.0. The number of amides is 2. The summed E-state index contributed by atoms with van der Waals surface area (Å²) in [5.74, 6) is -0.139. The van der Waals surface area contributed by atoms with Gasteiger partial charge in [0.2, 0.25) is 11.8 Å². The van der Waals surface area contributed by atoms with Crippen LogP contribution in [0.4, 0.5) is 0 Å². The highest BCUT2D eigenvalue weighted by atomic mass is 16.2. The van der Waals surface area contributed by atoms with Gasteiger partial charge >= 0.3 is 0 Å². The Kier molecular flexibility index (Phi) is 7.05. The second kappa shape index (κ2) is 8.54. The van der Waals surface area contributed by atoms with Crippen LogP contribution in [0, 0.1) is 0 Å². The number of hydrogen-bond donors (Lipinski definition) is 2. The highest BCUT2D eigenvalue weighted by molar-refractivity contribution is 5.81. The van der Waals surface area contributed by atoms with Crippen molar-refractivity contribution >= 4 is 11.8 Å². The molecule has 0 saturated carbocycles. The summed E-state index contributed by atoms with van der Waals surface area (Å²) in [5.41, 5.74) is 0.802. The van der Waals surface area contributed by atoms with Gasteiger partial charge in [0.1, 0.15) is 0 Å². The summed E-state index contributed by atoms with van der Waals surface area (Å²) in [6.07, 6.45) is 0. The van der Waals surface area contributed by atoms with Crippen LogP contribution >= 0.6 is 0 Å². The molecule has 0 aliphatic rings. The number of rotatable bonds is 7. The van der Waals surface area contributed by atoms with E-state index in [1.807, 2.05) is 62.9 Å². The van der Waals surface area contributed by atoms with Crippen LogP contribution in [0.15, 0.2) is 30.3 Å². The third-order valence-corrected chi connectivity index (χ3v) is 3.03. The molecule has 22 heavy (non-hydrogen) atoms. The summed E-state index contributed by atoms with van der Waals surface area (Å²) in [6.45, 7) is 9.36. The Morgan fingerprint density at radius 1 is 1.05 bits per heavy atom. The number of carbonyl (C=O) groups is 2. The number of hydrogen-bond acceptors (Lipinski definition) is 3. The fourth-order valence-electron chi connectivity index (χ4n) is 2.00.